The summed E-state index contributed by atoms with van der Waals surface area (Å²) in [4.78, 5) is 20.4. The largest absolute Gasteiger partial charge is 0.466 e. The molecule has 0 aliphatic rings. The standard InChI is InChI=1S/C6H8O4/c1-5(7)10-4-3-6(8)9-2/h3-4H,1-2H3/b4-3+. The lowest BCUT2D eigenvalue weighted by atomic mass is 10.6. The van der Waals surface area contributed by atoms with E-state index in [1.165, 1.54) is 14.0 Å². The first kappa shape index (κ1) is 8.68. The molecule has 0 aliphatic heterocycles. The third-order valence-electron chi connectivity index (χ3n) is 0.639. The Labute approximate surface area is 58.4 Å². The average molecular weight is 144 g/mol. The highest BCUT2D eigenvalue weighted by atomic mass is 16.5. The summed E-state index contributed by atoms with van der Waals surface area (Å²) in [5.41, 5.74) is 0. The number of rotatable bonds is 2. The van der Waals surface area contributed by atoms with Gasteiger partial charge in [0.2, 0.25) is 0 Å². The summed E-state index contributed by atoms with van der Waals surface area (Å²) < 4.78 is 8.51. The number of hydrogen-bond acceptors (Lipinski definition) is 4. The van der Waals surface area contributed by atoms with E-state index in [0.717, 1.165) is 12.3 Å². The van der Waals surface area contributed by atoms with Gasteiger partial charge < -0.3 is 9.47 Å². The van der Waals surface area contributed by atoms with E-state index in [-0.39, 0.29) is 0 Å². The van der Waals surface area contributed by atoms with Gasteiger partial charge in [0.05, 0.1) is 13.2 Å². The Morgan fingerprint density at radius 1 is 1.40 bits per heavy atom. The molecule has 0 rings (SSSR count). The highest BCUT2D eigenvalue weighted by Crippen LogP contribution is 1.80. The van der Waals surface area contributed by atoms with Crippen molar-refractivity contribution in [2.24, 2.45) is 0 Å². The molecule has 4 nitrogen and oxygen atoms in total. The fourth-order valence-electron chi connectivity index (χ4n) is 0.253. The molecule has 0 aromatic heterocycles. The molecule has 0 N–H and O–H groups in total. The number of esters is 2. The Bertz CT molecular complexity index is 159. The van der Waals surface area contributed by atoms with Crippen molar-refractivity contribution in [1.82, 2.24) is 0 Å². The molecule has 0 atom stereocenters. The van der Waals surface area contributed by atoms with Crippen LogP contribution in [-0.4, -0.2) is 19.0 Å². The molecule has 0 radical (unpaired) electrons. The molecule has 4 heteroatoms. The van der Waals surface area contributed by atoms with E-state index >= 15 is 0 Å². The first-order chi connectivity index (χ1) is 4.66. The van der Waals surface area contributed by atoms with E-state index in [9.17, 15) is 9.59 Å². The summed E-state index contributed by atoms with van der Waals surface area (Å²) in [6, 6.07) is 0. The van der Waals surface area contributed by atoms with E-state index in [4.69, 9.17) is 0 Å². The van der Waals surface area contributed by atoms with Crippen LogP contribution in [0.15, 0.2) is 12.3 Å². The number of methoxy groups -OCH3 is 1. The van der Waals surface area contributed by atoms with E-state index in [2.05, 4.69) is 9.47 Å². The summed E-state index contributed by atoms with van der Waals surface area (Å²) in [5, 5.41) is 0. The van der Waals surface area contributed by atoms with E-state index < -0.39 is 11.9 Å². The first-order valence-electron chi connectivity index (χ1n) is 2.58. The van der Waals surface area contributed by atoms with Crippen molar-refractivity contribution in [1.29, 1.82) is 0 Å². The van der Waals surface area contributed by atoms with Crippen LogP contribution in [0.4, 0.5) is 0 Å². The van der Waals surface area contributed by atoms with E-state index in [0.29, 0.717) is 0 Å². The second kappa shape index (κ2) is 4.55. The van der Waals surface area contributed by atoms with Crippen LogP contribution < -0.4 is 0 Å². The van der Waals surface area contributed by atoms with Crippen molar-refractivity contribution in [2.75, 3.05) is 7.11 Å². The van der Waals surface area contributed by atoms with Crippen molar-refractivity contribution in [3.05, 3.63) is 12.3 Å². The fourth-order valence-corrected chi connectivity index (χ4v) is 0.253. The maximum atomic E-state index is 10.3. The highest BCUT2D eigenvalue weighted by Gasteiger charge is 1.90. The fraction of sp³-hybridized carbons (Fsp3) is 0.333. The van der Waals surface area contributed by atoms with Crippen molar-refractivity contribution >= 4 is 11.9 Å². The Kier molecular flexibility index (Phi) is 3.95. The zero-order valence-corrected chi connectivity index (χ0v) is 5.79. The van der Waals surface area contributed by atoms with Crippen molar-refractivity contribution < 1.29 is 19.1 Å². The van der Waals surface area contributed by atoms with Gasteiger partial charge in [-0.2, -0.15) is 0 Å². The zero-order valence-electron chi connectivity index (χ0n) is 5.79. The lowest BCUT2D eigenvalue weighted by molar-refractivity contribution is -0.136. The topological polar surface area (TPSA) is 52.6 Å². The van der Waals surface area contributed by atoms with Gasteiger partial charge in [-0.3, -0.25) is 4.79 Å². The highest BCUT2D eigenvalue weighted by molar-refractivity contribution is 5.81. The first-order valence-corrected chi connectivity index (χ1v) is 2.58. The zero-order chi connectivity index (χ0) is 7.98. The third-order valence-corrected chi connectivity index (χ3v) is 0.639. The van der Waals surface area contributed by atoms with Gasteiger partial charge in [-0.05, 0) is 0 Å². The number of ether oxygens (including phenoxy) is 2. The lowest BCUT2D eigenvalue weighted by Gasteiger charge is -1.90. The van der Waals surface area contributed by atoms with E-state index in [1.807, 2.05) is 0 Å². The molecule has 0 saturated carbocycles. The average Bonchev–Trinajstić information content (AvgIpc) is 1.87. The summed E-state index contributed by atoms with van der Waals surface area (Å²) in [7, 11) is 1.24. The van der Waals surface area contributed by atoms with Crippen LogP contribution in [-0.2, 0) is 19.1 Å². The van der Waals surface area contributed by atoms with Crippen molar-refractivity contribution in [3.63, 3.8) is 0 Å². The minimum absolute atomic E-state index is 0.472. The molecule has 0 heterocycles. The van der Waals surface area contributed by atoms with Gasteiger partial charge in [-0.15, -0.1) is 0 Å². The molecule has 56 valence electrons. The summed E-state index contributed by atoms with van der Waals surface area (Å²) in [6.45, 7) is 1.24. The molecule has 0 saturated heterocycles. The molecular formula is C6H8O4. The predicted octanol–water partition coefficient (Wildman–Crippen LogP) is 0.236. The monoisotopic (exact) mass is 144 g/mol. The minimum atomic E-state index is -0.554. The van der Waals surface area contributed by atoms with Crippen LogP contribution in [0.3, 0.4) is 0 Å². The van der Waals surface area contributed by atoms with Crippen LogP contribution in [0.25, 0.3) is 0 Å². The third kappa shape index (κ3) is 4.83. The maximum absolute atomic E-state index is 10.3. The van der Waals surface area contributed by atoms with E-state index in [1.54, 1.807) is 0 Å². The van der Waals surface area contributed by atoms with Gasteiger partial charge in [0.15, 0.2) is 0 Å². The lowest BCUT2D eigenvalue weighted by Crippen LogP contribution is -1.96. The van der Waals surface area contributed by atoms with Crippen LogP contribution in [0, 0.1) is 0 Å². The van der Waals surface area contributed by atoms with Gasteiger partial charge in [-0.25, -0.2) is 4.79 Å². The Balaban J connectivity index is 3.56. The predicted molar refractivity (Wildman–Crippen MR) is 32.9 cm³/mol. The van der Waals surface area contributed by atoms with Gasteiger partial charge in [0.25, 0.3) is 0 Å². The van der Waals surface area contributed by atoms with Crippen molar-refractivity contribution in [3.8, 4) is 0 Å². The minimum Gasteiger partial charge on any atom is -0.466 e. The van der Waals surface area contributed by atoms with Crippen molar-refractivity contribution in [2.45, 2.75) is 6.92 Å². The normalized spacial score (nSPS) is 9.40. The van der Waals surface area contributed by atoms with Gasteiger partial charge in [0.1, 0.15) is 6.26 Å². The summed E-state index contributed by atoms with van der Waals surface area (Å²) >= 11 is 0. The molecule has 0 fully saturated rings. The second-order valence-electron chi connectivity index (χ2n) is 1.44. The SMILES string of the molecule is COC(=O)/C=C/OC(C)=O. The van der Waals surface area contributed by atoms with Gasteiger partial charge >= 0.3 is 11.9 Å². The maximum Gasteiger partial charge on any atom is 0.333 e. The van der Waals surface area contributed by atoms with Crippen LogP contribution in [0.5, 0.6) is 0 Å². The summed E-state index contributed by atoms with van der Waals surface area (Å²) in [6.07, 6.45) is 2.00. The second-order valence-corrected chi connectivity index (χ2v) is 1.44. The summed E-state index contributed by atoms with van der Waals surface area (Å²) in [5.74, 6) is -1.03. The van der Waals surface area contributed by atoms with Crippen LogP contribution in [0.2, 0.25) is 0 Å². The Morgan fingerprint density at radius 2 is 2.00 bits per heavy atom. The quantitative estimate of drug-likeness (QED) is 0.316. The molecule has 10 heavy (non-hydrogen) atoms. The van der Waals surface area contributed by atoms with Crippen LogP contribution >= 0.6 is 0 Å². The molecule has 0 amide bonds. The van der Waals surface area contributed by atoms with Crippen LogP contribution in [0.1, 0.15) is 6.92 Å². The number of carbonyl (C=O) groups is 2. The van der Waals surface area contributed by atoms with Gasteiger partial charge in [-0.1, -0.05) is 0 Å². The smallest absolute Gasteiger partial charge is 0.333 e. The molecule has 0 aliphatic carbocycles. The number of hydrogen-bond donors (Lipinski definition) is 0. The molecule has 0 bridgehead atoms. The Morgan fingerprint density at radius 3 is 2.40 bits per heavy atom. The number of carbonyl (C=O) groups excluding carboxylic acids is 2. The van der Waals surface area contributed by atoms with Gasteiger partial charge in [0, 0.05) is 6.92 Å². The molecule has 0 aromatic carbocycles. The molecular weight excluding hydrogens is 136 g/mol. The molecule has 0 spiro atoms. The molecule has 0 aromatic rings. The Hall–Kier alpha value is -1.32. The molecule has 0 unspecified atom stereocenters.